The Balaban J connectivity index is 1.62. The van der Waals surface area contributed by atoms with Crippen molar-refractivity contribution in [3.8, 4) is 11.4 Å². The number of hydrogen-bond acceptors (Lipinski definition) is 2. The summed E-state index contributed by atoms with van der Waals surface area (Å²) in [6, 6.07) is 12.9. The molecule has 4 rings (SSSR count). The summed E-state index contributed by atoms with van der Waals surface area (Å²) in [5.41, 5.74) is 6.46. The molecule has 2 aromatic heterocycles. The molecular formula is C24H36BN2P. The van der Waals surface area contributed by atoms with Gasteiger partial charge in [0.05, 0.1) is 0 Å². The van der Waals surface area contributed by atoms with Crippen molar-refractivity contribution < 1.29 is 0 Å². The van der Waals surface area contributed by atoms with Gasteiger partial charge in [0.25, 0.3) is 0 Å². The van der Waals surface area contributed by atoms with Crippen molar-refractivity contribution >= 4 is 14.7 Å². The van der Waals surface area contributed by atoms with Crippen LogP contribution in [0, 0.1) is 6.92 Å². The van der Waals surface area contributed by atoms with Gasteiger partial charge in [-0.05, 0) is 0 Å². The third-order valence-electron chi connectivity index (χ3n) is 7.60. The normalized spacial score (nSPS) is 20.2. The Morgan fingerprint density at radius 1 is 0.786 bits per heavy atom. The van der Waals surface area contributed by atoms with Crippen LogP contribution in [0.15, 0.2) is 36.4 Å². The van der Waals surface area contributed by atoms with Crippen LogP contribution in [0.5, 0.6) is 0 Å². The van der Waals surface area contributed by atoms with Crippen LogP contribution in [0.4, 0.5) is 0 Å². The van der Waals surface area contributed by atoms with E-state index in [1.54, 1.807) is 0 Å². The van der Waals surface area contributed by atoms with E-state index in [-0.39, 0.29) is 0 Å². The zero-order valence-electron chi connectivity index (χ0n) is 17.8. The molecule has 0 aromatic carbocycles. The van der Waals surface area contributed by atoms with Crippen molar-refractivity contribution in [1.29, 1.82) is 0 Å². The number of pyridine rings is 2. The minimum absolute atomic E-state index is 1.01. The molecule has 4 heteroatoms. The fourth-order valence-electron chi connectivity index (χ4n) is 5.94. The summed E-state index contributed by atoms with van der Waals surface area (Å²) >= 11 is 0. The zero-order chi connectivity index (χ0) is 19.4. The summed E-state index contributed by atoms with van der Waals surface area (Å²) < 4.78 is 0. The average Bonchev–Trinajstić information content (AvgIpc) is 2.75. The second-order valence-electron chi connectivity index (χ2n) is 9.53. The second-order valence-corrected chi connectivity index (χ2v) is 14.5. The molecule has 2 aliphatic carbocycles. The van der Waals surface area contributed by atoms with Crippen molar-refractivity contribution in [2.75, 3.05) is 0 Å². The summed E-state index contributed by atoms with van der Waals surface area (Å²) in [5.74, 6) is 0. The first-order valence-electron chi connectivity index (χ1n) is 11.5. The van der Waals surface area contributed by atoms with E-state index in [1.165, 1.54) is 76.1 Å². The predicted molar refractivity (Wildman–Crippen MR) is 127 cm³/mol. The van der Waals surface area contributed by atoms with Gasteiger partial charge in [0.15, 0.2) is 0 Å². The van der Waals surface area contributed by atoms with E-state index in [0.717, 1.165) is 28.4 Å². The molecular weight excluding hydrogens is 358 g/mol. The molecule has 28 heavy (non-hydrogen) atoms. The molecule has 2 nitrogen and oxygen atoms in total. The summed E-state index contributed by atoms with van der Waals surface area (Å²) in [4.78, 5) is 9.84. The van der Waals surface area contributed by atoms with E-state index in [9.17, 15) is 0 Å². The van der Waals surface area contributed by atoms with Gasteiger partial charge in [-0.3, -0.25) is 0 Å². The summed E-state index contributed by atoms with van der Waals surface area (Å²) in [7, 11) is 1.34. The van der Waals surface area contributed by atoms with E-state index < -0.39 is 7.14 Å². The summed E-state index contributed by atoms with van der Waals surface area (Å²) in [6.45, 7) is 2.06. The van der Waals surface area contributed by atoms with Crippen LogP contribution >= 0.6 is 7.14 Å². The maximum atomic E-state index is 5.13. The van der Waals surface area contributed by atoms with Crippen LogP contribution in [-0.2, 0) is 6.16 Å². The van der Waals surface area contributed by atoms with Gasteiger partial charge in [0.2, 0.25) is 0 Å². The van der Waals surface area contributed by atoms with Crippen molar-refractivity contribution in [3.63, 3.8) is 0 Å². The quantitative estimate of drug-likeness (QED) is 0.465. The monoisotopic (exact) mass is 394 g/mol. The molecule has 0 N–H and O–H groups in total. The fourth-order valence-corrected chi connectivity index (χ4v) is 11.6. The Hall–Kier alpha value is -1.21. The third-order valence-corrected chi connectivity index (χ3v) is 13.6. The number of rotatable bonds is 5. The molecule has 0 spiro atoms. The molecule has 2 aromatic rings. The van der Waals surface area contributed by atoms with Crippen LogP contribution in [-0.4, -0.2) is 28.9 Å². The molecule has 0 saturated heterocycles. The fraction of sp³-hybridized carbons (Fsp3) is 0.583. The first kappa shape index (κ1) is 20.1. The topological polar surface area (TPSA) is 25.8 Å². The number of hydrogen-bond donors (Lipinski definition) is 0. The van der Waals surface area contributed by atoms with Crippen LogP contribution in [0.2, 0.25) is 0 Å². The van der Waals surface area contributed by atoms with Crippen molar-refractivity contribution in [2.45, 2.75) is 88.6 Å². The van der Waals surface area contributed by atoms with Crippen LogP contribution in [0.1, 0.15) is 75.6 Å². The Labute approximate surface area is 172 Å². The van der Waals surface area contributed by atoms with E-state index in [1.807, 2.05) is 0 Å². The van der Waals surface area contributed by atoms with E-state index in [4.69, 9.17) is 9.97 Å². The van der Waals surface area contributed by atoms with Crippen LogP contribution in [0.3, 0.4) is 0 Å². The van der Waals surface area contributed by atoms with Gasteiger partial charge in [-0.25, -0.2) is 0 Å². The van der Waals surface area contributed by atoms with Gasteiger partial charge >= 0.3 is 172 Å². The third kappa shape index (κ3) is 4.51. The van der Waals surface area contributed by atoms with Gasteiger partial charge in [-0.2, -0.15) is 0 Å². The molecule has 0 amide bonds. The molecule has 0 radical (unpaired) electrons. The minimum atomic E-state index is -1.41. The van der Waals surface area contributed by atoms with Gasteiger partial charge in [0, 0.05) is 0 Å². The molecule has 2 saturated carbocycles. The molecule has 0 aliphatic heterocycles. The van der Waals surface area contributed by atoms with Gasteiger partial charge < -0.3 is 0 Å². The number of aromatic nitrogens is 2. The molecule has 0 unspecified atom stereocenters. The first-order valence-corrected chi connectivity index (χ1v) is 14.4. The molecule has 2 heterocycles. The Morgan fingerprint density at radius 2 is 1.32 bits per heavy atom. The predicted octanol–water partition coefficient (Wildman–Crippen LogP) is 5.92. The molecule has 0 atom stereocenters. The standard InChI is InChI=1S/C24H36BN2P/c1-19-10-8-16-23(26-19)24-17-9-11-20(27-24)18-28(25,21-12-4-2-5-13-21)22-14-6-3-7-15-22/h8-11,16-17,21-22,28H,2-7,12-15,18,25H2,1H3. The van der Waals surface area contributed by atoms with Crippen LogP contribution in [0.25, 0.3) is 11.4 Å². The van der Waals surface area contributed by atoms with Crippen molar-refractivity contribution in [2.24, 2.45) is 0 Å². The Bertz CT molecular complexity index is 764. The SMILES string of the molecule is B[PH](Cc1cccc(-c2cccc(C)n2)n1)(C1CCCCC1)C1CCCCC1. The van der Waals surface area contributed by atoms with E-state index in [2.05, 4.69) is 50.9 Å². The molecule has 0 bridgehead atoms. The maximum absolute atomic E-state index is 5.13. The van der Waals surface area contributed by atoms with Crippen LogP contribution < -0.4 is 0 Å². The van der Waals surface area contributed by atoms with Crippen molar-refractivity contribution in [3.05, 3.63) is 47.8 Å². The van der Waals surface area contributed by atoms with Gasteiger partial charge in [-0.15, -0.1) is 0 Å². The van der Waals surface area contributed by atoms with E-state index >= 15 is 0 Å². The summed E-state index contributed by atoms with van der Waals surface area (Å²) in [6.07, 6.45) is 16.0. The van der Waals surface area contributed by atoms with Crippen molar-refractivity contribution in [1.82, 2.24) is 9.97 Å². The summed E-state index contributed by atoms with van der Waals surface area (Å²) in [5, 5.41) is 0. The van der Waals surface area contributed by atoms with E-state index in [0.29, 0.717) is 0 Å². The Morgan fingerprint density at radius 3 is 1.89 bits per heavy atom. The zero-order valence-corrected chi connectivity index (χ0v) is 18.8. The molecule has 2 fully saturated rings. The average molecular weight is 394 g/mol. The first-order chi connectivity index (χ1) is 13.6. The van der Waals surface area contributed by atoms with Gasteiger partial charge in [0.1, 0.15) is 0 Å². The number of nitrogens with zero attached hydrogens (tertiary/aromatic N) is 2. The molecule has 150 valence electrons. The van der Waals surface area contributed by atoms with Gasteiger partial charge in [-0.1, -0.05) is 0 Å². The Kier molecular flexibility index (Phi) is 6.51. The molecule has 2 aliphatic rings. The number of aryl methyl sites for hydroxylation is 1. The second kappa shape index (κ2) is 9.08.